The van der Waals surface area contributed by atoms with Crippen LogP contribution in [-0.4, -0.2) is 14.8 Å². The van der Waals surface area contributed by atoms with Gasteiger partial charge in [-0.2, -0.15) is 5.10 Å². The van der Waals surface area contributed by atoms with E-state index in [4.69, 9.17) is 0 Å². The zero-order valence-electron chi connectivity index (χ0n) is 9.55. The van der Waals surface area contributed by atoms with Gasteiger partial charge in [-0.3, -0.25) is 4.98 Å². The van der Waals surface area contributed by atoms with Crippen LogP contribution < -0.4 is 5.32 Å². The Morgan fingerprint density at radius 2 is 2.38 bits per heavy atom. The van der Waals surface area contributed by atoms with Crippen molar-refractivity contribution in [2.24, 2.45) is 5.92 Å². The van der Waals surface area contributed by atoms with Crippen LogP contribution in [0.3, 0.4) is 0 Å². The van der Waals surface area contributed by atoms with Crippen molar-refractivity contribution in [3.63, 3.8) is 0 Å². The van der Waals surface area contributed by atoms with Crippen molar-refractivity contribution in [3.05, 3.63) is 28.8 Å². The van der Waals surface area contributed by atoms with Crippen LogP contribution in [-0.2, 0) is 13.1 Å². The summed E-state index contributed by atoms with van der Waals surface area (Å²) in [7, 11) is 0. The Hall–Kier alpha value is -1.36. The second kappa shape index (κ2) is 5.12. The first-order valence-corrected chi connectivity index (χ1v) is 6.26. The molecule has 0 spiro atoms. The molecule has 2 aromatic heterocycles. The maximum Gasteiger partial charge on any atom is 0.124 e. The highest BCUT2D eigenvalue weighted by molar-refractivity contribution is 7.09. The molecule has 0 unspecified atom stereocenters. The fourth-order valence-corrected chi connectivity index (χ4v) is 2.02. The molecule has 0 aliphatic carbocycles. The highest BCUT2D eigenvalue weighted by atomic mass is 32.1. The maximum absolute atomic E-state index is 4.30. The lowest BCUT2D eigenvalue weighted by atomic mass is 10.2. The van der Waals surface area contributed by atoms with E-state index in [9.17, 15) is 0 Å². The number of hydrogen-bond acceptors (Lipinski definition) is 4. The molecule has 0 atom stereocenters. The number of anilines is 1. The van der Waals surface area contributed by atoms with Crippen LogP contribution in [0.5, 0.6) is 0 Å². The fourth-order valence-electron chi connectivity index (χ4n) is 1.48. The van der Waals surface area contributed by atoms with Crippen molar-refractivity contribution in [1.82, 2.24) is 14.8 Å². The first-order chi connectivity index (χ1) is 7.75. The highest BCUT2D eigenvalue weighted by Crippen LogP contribution is 2.12. The number of nitrogens with one attached hydrogen (secondary N) is 1. The molecule has 5 heteroatoms. The normalized spacial score (nSPS) is 10.9. The van der Waals surface area contributed by atoms with Gasteiger partial charge in [0.2, 0.25) is 0 Å². The Kier molecular flexibility index (Phi) is 3.56. The van der Waals surface area contributed by atoms with Gasteiger partial charge >= 0.3 is 0 Å². The number of thiazole rings is 1. The Bertz CT molecular complexity index is 419. The Labute approximate surface area is 99.3 Å². The van der Waals surface area contributed by atoms with E-state index in [1.165, 1.54) is 4.88 Å². The van der Waals surface area contributed by atoms with Crippen LogP contribution >= 0.6 is 11.3 Å². The Morgan fingerprint density at radius 3 is 3.06 bits per heavy atom. The van der Waals surface area contributed by atoms with E-state index in [-0.39, 0.29) is 0 Å². The van der Waals surface area contributed by atoms with Gasteiger partial charge in [0.1, 0.15) is 5.82 Å². The average molecular weight is 236 g/mol. The predicted molar refractivity (Wildman–Crippen MR) is 66.5 cm³/mol. The molecule has 0 bridgehead atoms. The molecule has 2 heterocycles. The SMILES string of the molecule is CC(C)Cn1nccc1NCc1cncs1. The van der Waals surface area contributed by atoms with E-state index in [0.717, 1.165) is 18.9 Å². The molecule has 0 amide bonds. The Balaban J connectivity index is 1.96. The molecule has 0 saturated heterocycles. The minimum Gasteiger partial charge on any atom is -0.365 e. The zero-order chi connectivity index (χ0) is 11.4. The molecule has 2 rings (SSSR count). The van der Waals surface area contributed by atoms with Gasteiger partial charge in [0, 0.05) is 23.7 Å². The fraction of sp³-hybridized carbons (Fsp3) is 0.455. The maximum atomic E-state index is 4.30. The largest absolute Gasteiger partial charge is 0.365 e. The van der Waals surface area contributed by atoms with Crippen molar-refractivity contribution in [1.29, 1.82) is 0 Å². The number of hydrogen-bond donors (Lipinski definition) is 1. The van der Waals surface area contributed by atoms with Crippen molar-refractivity contribution < 1.29 is 0 Å². The van der Waals surface area contributed by atoms with E-state index in [1.54, 1.807) is 11.3 Å². The molecule has 0 aromatic carbocycles. The molecule has 4 nitrogen and oxygen atoms in total. The summed E-state index contributed by atoms with van der Waals surface area (Å²) in [6.07, 6.45) is 3.72. The van der Waals surface area contributed by atoms with Crippen molar-refractivity contribution >= 4 is 17.2 Å². The first-order valence-electron chi connectivity index (χ1n) is 5.38. The average Bonchev–Trinajstić information content (AvgIpc) is 2.84. The summed E-state index contributed by atoms with van der Waals surface area (Å²) in [4.78, 5) is 5.28. The second-order valence-corrected chi connectivity index (χ2v) is 5.08. The summed E-state index contributed by atoms with van der Waals surface area (Å²) >= 11 is 1.66. The molecule has 0 fully saturated rings. The molecule has 86 valence electrons. The van der Waals surface area contributed by atoms with Crippen molar-refractivity contribution in [2.45, 2.75) is 26.9 Å². The lowest BCUT2D eigenvalue weighted by molar-refractivity contribution is 0.487. The van der Waals surface area contributed by atoms with Crippen LogP contribution in [0.2, 0.25) is 0 Å². The lowest BCUT2D eigenvalue weighted by Crippen LogP contribution is -2.10. The lowest BCUT2D eigenvalue weighted by Gasteiger charge is -2.10. The van der Waals surface area contributed by atoms with Crippen LogP contribution in [0.25, 0.3) is 0 Å². The molecule has 0 aliphatic rings. The van der Waals surface area contributed by atoms with Crippen LogP contribution in [0.1, 0.15) is 18.7 Å². The summed E-state index contributed by atoms with van der Waals surface area (Å²) < 4.78 is 2.01. The summed E-state index contributed by atoms with van der Waals surface area (Å²) in [6, 6.07) is 2.00. The van der Waals surface area contributed by atoms with Crippen LogP contribution in [0.4, 0.5) is 5.82 Å². The molecular weight excluding hydrogens is 220 g/mol. The third-order valence-electron chi connectivity index (χ3n) is 2.18. The third kappa shape index (κ3) is 2.82. The Morgan fingerprint density at radius 1 is 1.50 bits per heavy atom. The number of nitrogens with zero attached hydrogens (tertiary/aromatic N) is 3. The van der Waals surface area contributed by atoms with E-state index in [2.05, 4.69) is 29.2 Å². The van der Waals surface area contributed by atoms with Gasteiger partial charge in [-0.05, 0) is 5.92 Å². The van der Waals surface area contributed by atoms with E-state index in [1.807, 2.05) is 28.7 Å². The van der Waals surface area contributed by atoms with Gasteiger partial charge in [-0.15, -0.1) is 11.3 Å². The minimum atomic E-state index is 0.601. The molecule has 2 aromatic rings. The van der Waals surface area contributed by atoms with Gasteiger partial charge in [0.15, 0.2) is 0 Å². The van der Waals surface area contributed by atoms with Gasteiger partial charge in [0.25, 0.3) is 0 Å². The first kappa shape index (κ1) is 11.1. The molecule has 0 saturated carbocycles. The second-order valence-electron chi connectivity index (χ2n) is 4.11. The zero-order valence-corrected chi connectivity index (χ0v) is 10.4. The standard InChI is InChI=1S/C11H16N4S/c1-9(2)7-15-11(3-4-14-15)13-6-10-5-12-8-16-10/h3-5,8-9,13H,6-7H2,1-2H3. The predicted octanol–water partition coefficient (Wildman–Crippen LogP) is 2.61. The van der Waals surface area contributed by atoms with Crippen LogP contribution in [0.15, 0.2) is 24.0 Å². The molecule has 0 aliphatic heterocycles. The smallest absolute Gasteiger partial charge is 0.124 e. The molecular formula is C11H16N4S. The molecule has 16 heavy (non-hydrogen) atoms. The quantitative estimate of drug-likeness (QED) is 0.867. The minimum absolute atomic E-state index is 0.601. The van der Waals surface area contributed by atoms with Gasteiger partial charge in [0.05, 0.1) is 18.3 Å². The molecule has 1 N–H and O–H groups in total. The summed E-state index contributed by atoms with van der Waals surface area (Å²) in [5.74, 6) is 1.67. The summed E-state index contributed by atoms with van der Waals surface area (Å²) in [5, 5.41) is 7.67. The van der Waals surface area contributed by atoms with Crippen molar-refractivity contribution in [3.8, 4) is 0 Å². The van der Waals surface area contributed by atoms with Crippen molar-refractivity contribution in [2.75, 3.05) is 5.32 Å². The topological polar surface area (TPSA) is 42.7 Å². The van der Waals surface area contributed by atoms with Gasteiger partial charge in [-0.25, -0.2) is 4.68 Å². The number of aromatic nitrogens is 3. The van der Waals surface area contributed by atoms with Gasteiger partial charge < -0.3 is 5.32 Å². The monoisotopic (exact) mass is 236 g/mol. The molecule has 0 radical (unpaired) electrons. The van der Waals surface area contributed by atoms with E-state index < -0.39 is 0 Å². The van der Waals surface area contributed by atoms with Crippen LogP contribution in [0, 0.1) is 5.92 Å². The summed E-state index contributed by atoms with van der Waals surface area (Å²) in [5.41, 5.74) is 1.85. The number of rotatable bonds is 5. The third-order valence-corrected chi connectivity index (χ3v) is 2.96. The van der Waals surface area contributed by atoms with Gasteiger partial charge in [-0.1, -0.05) is 13.8 Å². The van der Waals surface area contributed by atoms with E-state index in [0.29, 0.717) is 5.92 Å². The summed E-state index contributed by atoms with van der Waals surface area (Å²) in [6.45, 7) is 6.13. The highest BCUT2D eigenvalue weighted by Gasteiger charge is 2.04. The van der Waals surface area contributed by atoms with E-state index >= 15 is 0 Å².